The molecule has 0 aliphatic heterocycles. The fourth-order valence-corrected chi connectivity index (χ4v) is 4.25. The van der Waals surface area contributed by atoms with Crippen LogP contribution in [-0.2, 0) is 22.5 Å². The molecule has 4 rings (SSSR count). The van der Waals surface area contributed by atoms with Gasteiger partial charge in [-0.05, 0) is 81.6 Å². The van der Waals surface area contributed by atoms with E-state index in [2.05, 4.69) is 37.4 Å². The number of nitrogens with one attached hydrogen (secondary N) is 1. The molecule has 0 fully saturated rings. The lowest BCUT2D eigenvalue weighted by Crippen LogP contribution is -2.14. The smallest absolute Gasteiger partial charge is 0.325 e. The van der Waals surface area contributed by atoms with Crippen LogP contribution in [0, 0.1) is 20.8 Å². The van der Waals surface area contributed by atoms with E-state index in [0.29, 0.717) is 12.2 Å². The number of esters is 1. The highest BCUT2D eigenvalue weighted by molar-refractivity contribution is 6.04. The van der Waals surface area contributed by atoms with Gasteiger partial charge in [-0.25, -0.2) is 0 Å². The molecule has 1 heterocycles. The van der Waals surface area contributed by atoms with Gasteiger partial charge in [-0.2, -0.15) is 0 Å². The van der Waals surface area contributed by atoms with Crippen molar-refractivity contribution >= 4 is 28.5 Å². The van der Waals surface area contributed by atoms with Gasteiger partial charge in [0.05, 0.1) is 6.61 Å². The molecule has 1 aromatic heterocycles. The summed E-state index contributed by atoms with van der Waals surface area (Å²) >= 11 is 0. The van der Waals surface area contributed by atoms with Crippen LogP contribution in [0.2, 0.25) is 0 Å². The van der Waals surface area contributed by atoms with Gasteiger partial charge in [-0.3, -0.25) is 9.59 Å². The highest BCUT2D eigenvalue weighted by Crippen LogP contribution is 2.29. The largest absolute Gasteiger partial charge is 0.465 e. The van der Waals surface area contributed by atoms with Crippen LogP contribution in [0.4, 0.5) is 5.69 Å². The molecule has 0 saturated heterocycles. The first kappa shape index (κ1) is 23.3. The van der Waals surface area contributed by atoms with E-state index in [1.807, 2.05) is 66.9 Å². The van der Waals surface area contributed by atoms with Gasteiger partial charge in [-0.15, -0.1) is 0 Å². The normalized spacial score (nSPS) is 10.9. The Morgan fingerprint density at radius 2 is 1.56 bits per heavy atom. The molecule has 0 aliphatic rings. The zero-order valence-electron chi connectivity index (χ0n) is 20.1. The molecule has 0 unspecified atom stereocenters. The fraction of sp³-hybridized carbons (Fsp3) is 0.241. The molecule has 34 heavy (non-hydrogen) atoms. The van der Waals surface area contributed by atoms with Gasteiger partial charge in [0.1, 0.15) is 6.54 Å². The number of aryl methyl sites for hydroxylation is 2. The van der Waals surface area contributed by atoms with Gasteiger partial charge in [-0.1, -0.05) is 41.5 Å². The Hall–Kier alpha value is -3.86. The molecular weight excluding hydrogens is 424 g/mol. The molecule has 3 aromatic carbocycles. The highest BCUT2D eigenvalue weighted by Gasteiger charge is 2.17. The summed E-state index contributed by atoms with van der Waals surface area (Å²) in [6.07, 6.45) is 0.730. The Kier molecular flexibility index (Phi) is 6.82. The Morgan fingerprint density at radius 3 is 2.24 bits per heavy atom. The Labute approximate surface area is 200 Å². The van der Waals surface area contributed by atoms with Crippen LogP contribution in [0.1, 0.15) is 45.2 Å². The van der Waals surface area contributed by atoms with Crippen molar-refractivity contribution in [3.05, 3.63) is 100 Å². The van der Waals surface area contributed by atoms with Crippen LogP contribution in [0.25, 0.3) is 10.9 Å². The molecule has 0 aliphatic carbocycles. The van der Waals surface area contributed by atoms with Gasteiger partial charge < -0.3 is 14.6 Å². The second kappa shape index (κ2) is 9.96. The third-order valence-electron chi connectivity index (χ3n) is 6.11. The number of ether oxygens (including phenoxy) is 1. The van der Waals surface area contributed by atoms with Crippen LogP contribution >= 0.6 is 0 Å². The van der Waals surface area contributed by atoms with Crippen LogP contribution in [-0.4, -0.2) is 23.1 Å². The monoisotopic (exact) mass is 454 g/mol. The number of fused-ring (bicyclic) bond motifs is 1. The van der Waals surface area contributed by atoms with Crippen LogP contribution < -0.4 is 5.32 Å². The van der Waals surface area contributed by atoms with E-state index in [1.54, 1.807) is 0 Å². The lowest BCUT2D eigenvalue weighted by Gasteiger charge is -2.09. The molecule has 0 bridgehead atoms. The van der Waals surface area contributed by atoms with Crippen molar-refractivity contribution in [1.82, 2.24) is 4.57 Å². The SMILES string of the molecule is CCOC(=O)Cn1c(C)c(Cc2ccc(NC(=O)c3ccc(C)cc3)cc2)c2cc(C)ccc21. The number of carbonyl (C=O) groups is 2. The molecule has 174 valence electrons. The number of nitrogens with zero attached hydrogens (tertiary/aromatic N) is 1. The van der Waals surface area contributed by atoms with E-state index in [0.717, 1.165) is 39.8 Å². The first-order valence-corrected chi connectivity index (χ1v) is 11.6. The highest BCUT2D eigenvalue weighted by atomic mass is 16.5. The number of amides is 1. The first-order valence-electron chi connectivity index (χ1n) is 11.6. The van der Waals surface area contributed by atoms with Crippen LogP contribution in [0.15, 0.2) is 66.7 Å². The Bertz CT molecular complexity index is 1330. The second-order valence-electron chi connectivity index (χ2n) is 8.67. The summed E-state index contributed by atoms with van der Waals surface area (Å²) in [7, 11) is 0. The predicted octanol–water partition coefficient (Wildman–Crippen LogP) is 5.97. The molecule has 0 saturated carbocycles. The minimum absolute atomic E-state index is 0.124. The summed E-state index contributed by atoms with van der Waals surface area (Å²) in [6, 6.07) is 21.8. The van der Waals surface area contributed by atoms with Gasteiger partial charge in [0, 0.05) is 27.8 Å². The van der Waals surface area contributed by atoms with Gasteiger partial charge in [0.2, 0.25) is 0 Å². The number of carbonyl (C=O) groups excluding carboxylic acids is 2. The summed E-state index contributed by atoms with van der Waals surface area (Å²) < 4.78 is 7.23. The quantitative estimate of drug-likeness (QED) is 0.350. The lowest BCUT2D eigenvalue weighted by molar-refractivity contribution is -0.143. The van der Waals surface area contributed by atoms with Crippen molar-refractivity contribution in [3.63, 3.8) is 0 Å². The number of hydrogen-bond donors (Lipinski definition) is 1. The standard InChI is InChI=1S/C29H30N2O3/c1-5-34-28(32)18-31-21(4)25(26-16-20(3)8-15-27(26)31)17-22-9-13-24(14-10-22)30-29(33)23-11-6-19(2)7-12-23/h6-16H,5,17-18H2,1-4H3,(H,30,33). The number of aromatic nitrogens is 1. The molecule has 0 atom stereocenters. The van der Waals surface area contributed by atoms with Crippen molar-refractivity contribution < 1.29 is 14.3 Å². The van der Waals surface area contributed by atoms with Gasteiger partial charge in [0.25, 0.3) is 5.91 Å². The predicted molar refractivity (Wildman–Crippen MR) is 136 cm³/mol. The second-order valence-corrected chi connectivity index (χ2v) is 8.67. The molecule has 1 amide bonds. The fourth-order valence-electron chi connectivity index (χ4n) is 4.25. The average molecular weight is 455 g/mol. The average Bonchev–Trinajstić information content (AvgIpc) is 3.06. The Balaban J connectivity index is 1.57. The minimum atomic E-state index is -0.233. The third-order valence-corrected chi connectivity index (χ3v) is 6.11. The zero-order chi connectivity index (χ0) is 24.2. The van der Waals surface area contributed by atoms with E-state index >= 15 is 0 Å². The molecule has 1 N–H and O–H groups in total. The maximum Gasteiger partial charge on any atom is 0.325 e. The van der Waals surface area contributed by atoms with Crippen molar-refractivity contribution in [2.75, 3.05) is 11.9 Å². The number of anilines is 1. The van der Waals surface area contributed by atoms with Crippen molar-refractivity contribution in [3.8, 4) is 0 Å². The van der Waals surface area contributed by atoms with E-state index in [-0.39, 0.29) is 18.4 Å². The molecule has 5 heteroatoms. The van der Waals surface area contributed by atoms with Crippen molar-refractivity contribution in [2.24, 2.45) is 0 Å². The molecular formula is C29H30N2O3. The van der Waals surface area contributed by atoms with Crippen LogP contribution in [0.3, 0.4) is 0 Å². The first-order chi connectivity index (χ1) is 16.4. The van der Waals surface area contributed by atoms with E-state index in [1.165, 1.54) is 11.1 Å². The lowest BCUT2D eigenvalue weighted by atomic mass is 10.0. The minimum Gasteiger partial charge on any atom is -0.465 e. The summed E-state index contributed by atoms with van der Waals surface area (Å²) in [4.78, 5) is 24.7. The third kappa shape index (κ3) is 5.04. The maximum atomic E-state index is 12.5. The maximum absolute atomic E-state index is 12.5. The summed E-state index contributed by atoms with van der Waals surface area (Å²) in [5, 5.41) is 4.11. The zero-order valence-corrected chi connectivity index (χ0v) is 20.1. The molecule has 0 radical (unpaired) electrons. The topological polar surface area (TPSA) is 60.3 Å². The Morgan fingerprint density at radius 1 is 0.882 bits per heavy atom. The van der Waals surface area contributed by atoms with Crippen molar-refractivity contribution in [1.29, 1.82) is 0 Å². The van der Waals surface area contributed by atoms with Crippen LogP contribution in [0.5, 0.6) is 0 Å². The van der Waals surface area contributed by atoms with Crippen molar-refractivity contribution in [2.45, 2.75) is 40.7 Å². The summed E-state index contributed by atoms with van der Waals surface area (Å²) in [5.74, 6) is -0.357. The van der Waals surface area contributed by atoms with Gasteiger partial charge >= 0.3 is 5.97 Å². The summed E-state index contributed by atoms with van der Waals surface area (Å²) in [6.45, 7) is 8.52. The number of benzene rings is 3. The van der Waals surface area contributed by atoms with Gasteiger partial charge in [0.15, 0.2) is 0 Å². The number of rotatable bonds is 7. The summed E-state index contributed by atoms with van der Waals surface area (Å²) in [5.41, 5.74) is 8.11. The molecule has 0 spiro atoms. The molecule has 5 nitrogen and oxygen atoms in total. The van der Waals surface area contributed by atoms with E-state index in [4.69, 9.17) is 4.74 Å². The number of hydrogen-bond acceptors (Lipinski definition) is 3. The van der Waals surface area contributed by atoms with E-state index < -0.39 is 0 Å². The molecule has 4 aromatic rings. The van der Waals surface area contributed by atoms with E-state index in [9.17, 15) is 9.59 Å².